The number of anilines is 1. The largest absolute Gasteiger partial charge is 0.396 e. The van der Waals surface area contributed by atoms with Crippen molar-refractivity contribution in [1.82, 2.24) is 0 Å². The lowest BCUT2D eigenvalue weighted by Crippen LogP contribution is -2.34. The van der Waals surface area contributed by atoms with Crippen LogP contribution in [0.4, 0.5) is 17.1 Å². The van der Waals surface area contributed by atoms with E-state index in [1.165, 1.54) is 11.6 Å². The molecule has 0 atom stereocenters. The SMILES string of the molecule is Cc1cccc(-c2ccc(N=Nc3cc(S(=O)(=O)O)c4c(c3N)=CCCC=4)cc2)c1. The summed E-state index contributed by atoms with van der Waals surface area (Å²) in [6.45, 7) is 2.05. The monoisotopic (exact) mass is 419 g/mol. The number of aryl methyl sites for hydroxylation is 1. The third kappa shape index (κ3) is 4.03. The summed E-state index contributed by atoms with van der Waals surface area (Å²) >= 11 is 0. The quantitative estimate of drug-likeness (QED) is 0.374. The number of nitrogens with zero attached hydrogens (tertiary/aromatic N) is 2. The summed E-state index contributed by atoms with van der Waals surface area (Å²) in [5.74, 6) is 0. The molecule has 0 amide bonds. The first-order valence-electron chi connectivity index (χ1n) is 9.52. The van der Waals surface area contributed by atoms with E-state index in [1.54, 1.807) is 6.08 Å². The highest BCUT2D eigenvalue weighted by atomic mass is 32.2. The van der Waals surface area contributed by atoms with Gasteiger partial charge in [-0.25, -0.2) is 0 Å². The van der Waals surface area contributed by atoms with Crippen molar-refractivity contribution in [3.8, 4) is 11.1 Å². The molecule has 3 aromatic rings. The average Bonchev–Trinajstić information content (AvgIpc) is 2.73. The van der Waals surface area contributed by atoms with Gasteiger partial charge in [-0.15, -0.1) is 5.11 Å². The Labute approximate surface area is 174 Å². The summed E-state index contributed by atoms with van der Waals surface area (Å²) < 4.78 is 33.3. The molecule has 0 saturated heterocycles. The van der Waals surface area contributed by atoms with E-state index in [1.807, 2.05) is 55.5 Å². The second-order valence-electron chi connectivity index (χ2n) is 7.21. The molecule has 1 aliphatic carbocycles. The predicted octanol–water partition coefficient (Wildman–Crippen LogP) is 4.26. The Bertz CT molecular complexity index is 1380. The molecule has 152 valence electrons. The molecule has 0 aliphatic heterocycles. The average molecular weight is 420 g/mol. The summed E-state index contributed by atoms with van der Waals surface area (Å²) in [5, 5.41) is 9.36. The zero-order chi connectivity index (χ0) is 21.3. The summed E-state index contributed by atoms with van der Waals surface area (Å²) in [7, 11) is -4.41. The maximum atomic E-state index is 11.8. The lowest BCUT2D eigenvalue weighted by atomic mass is 10.0. The molecule has 0 aromatic heterocycles. The molecule has 0 bridgehead atoms. The second-order valence-corrected chi connectivity index (χ2v) is 8.60. The fraction of sp³-hybridized carbons (Fsp3) is 0.130. The van der Waals surface area contributed by atoms with Gasteiger partial charge in [0.25, 0.3) is 10.1 Å². The van der Waals surface area contributed by atoms with Crippen molar-refractivity contribution in [3.63, 3.8) is 0 Å². The molecular formula is C23H21N3O3S. The van der Waals surface area contributed by atoms with Gasteiger partial charge in [0.15, 0.2) is 0 Å². The van der Waals surface area contributed by atoms with Crippen molar-refractivity contribution in [3.05, 3.63) is 70.6 Å². The summed E-state index contributed by atoms with van der Waals surface area (Å²) in [4.78, 5) is -0.202. The van der Waals surface area contributed by atoms with E-state index in [0.717, 1.165) is 17.5 Å². The number of nitrogens with two attached hydrogens (primary N) is 1. The van der Waals surface area contributed by atoms with Gasteiger partial charge in [0.2, 0.25) is 0 Å². The third-order valence-corrected chi connectivity index (χ3v) is 5.92. The Kier molecular flexibility index (Phi) is 5.24. The summed E-state index contributed by atoms with van der Waals surface area (Å²) in [6.07, 6.45) is 5.04. The number of benzene rings is 3. The van der Waals surface area contributed by atoms with Gasteiger partial charge < -0.3 is 5.73 Å². The van der Waals surface area contributed by atoms with Crippen molar-refractivity contribution in [2.24, 2.45) is 10.2 Å². The number of hydrogen-bond acceptors (Lipinski definition) is 5. The van der Waals surface area contributed by atoms with Gasteiger partial charge >= 0.3 is 0 Å². The van der Waals surface area contributed by atoms with Crippen molar-refractivity contribution in [1.29, 1.82) is 0 Å². The van der Waals surface area contributed by atoms with Gasteiger partial charge in [-0.3, -0.25) is 4.55 Å². The Morgan fingerprint density at radius 2 is 1.60 bits per heavy atom. The van der Waals surface area contributed by atoms with Gasteiger partial charge in [-0.1, -0.05) is 54.1 Å². The molecular weight excluding hydrogens is 398 g/mol. The number of nitrogen functional groups attached to an aromatic ring is 1. The highest BCUT2D eigenvalue weighted by molar-refractivity contribution is 7.85. The second kappa shape index (κ2) is 7.85. The maximum Gasteiger partial charge on any atom is 0.295 e. The normalized spacial score (nSPS) is 13.5. The van der Waals surface area contributed by atoms with Crippen LogP contribution in [0, 0.1) is 6.92 Å². The van der Waals surface area contributed by atoms with Crippen LogP contribution in [0.25, 0.3) is 23.3 Å². The van der Waals surface area contributed by atoms with Crippen LogP contribution in [0.5, 0.6) is 0 Å². The molecule has 0 heterocycles. The fourth-order valence-electron chi connectivity index (χ4n) is 3.53. The number of fused-ring (bicyclic) bond motifs is 1. The van der Waals surface area contributed by atoms with Crippen LogP contribution in [0.15, 0.2) is 69.7 Å². The first-order chi connectivity index (χ1) is 14.3. The zero-order valence-corrected chi connectivity index (χ0v) is 17.2. The maximum absolute atomic E-state index is 11.8. The predicted molar refractivity (Wildman–Crippen MR) is 119 cm³/mol. The lowest BCUT2D eigenvalue weighted by molar-refractivity contribution is 0.482. The molecule has 1 aliphatic rings. The third-order valence-electron chi connectivity index (χ3n) is 5.02. The smallest absolute Gasteiger partial charge is 0.295 e. The minimum Gasteiger partial charge on any atom is -0.396 e. The van der Waals surface area contributed by atoms with Crippen LogP contribution in [-0.4, -0.2) is 13.0 Å². The molecule has 0 unspecified atom stereocenters. The van der Waals surface area contributed by atoms with Crippen LogP contribution in [0.3, 0.4) is 0 Å². The minimum absolute atomic E-state index is 0.202. The van der Waals surface area contributed by atoms with E-state index in [0.29, 0.717) is 28.2 Å². The molecule has 0 radical (unpaired) electrons. The minimum atomic E-state index is -4.41. The Morgan fingerprint density at radius 1 is 0.900 bits per heavy atom. The number of rotatable bonds is 4. The fourth-order valence-corrected chi connectivity index (χ4v) is 4.27. The van der Waals surface area contributed by atoms with Gasteiger partial charge in [-0.2, -0.15) is 13.5 Å². The van der Waals surface area contributed by atoms with Crippen molar-refractivity contribution in [2.75, 3.05) is 5.73 Å². The molecule has 0 spiro atoms. The molecule has 7 heteroatoms. The van der Waals surface area contributed by atoms with Gasteiger partial charge in [0.05, 0.1) is 11.4 Å². The highest BCUT2D eigenvalue weighted by Gasteiger charge is 2.17. The van der Waals surface area contributed by atoms with E-state index in [4.69, 9.17) is 5.73 Å². The van der Waals surface area contributed by atoms with Gasteiger partial charge in [0, 0.05) is 10.4 Å². The molecule has 0 saturated carbocycles. The lowest BCUT2D eigenvalue weighted by Gasteiger charge is -2.09. The van der Waals surface area contributed by atoms with Gasteiger partial charge in [-0.05, 0) is 49.1 Å². The Hall–Kier alpha value is -3.29. The van der Waals surface area contributed by atoms with Crippen LogP contribution >= 0.6 is 0 Å². The van der Waals surface area contributed by atoms with E-state index in [9.17, 15) is 13.0 Å². The van der Waals surface area contributed by atoms with E-state index in [2.05, 4.69) is 16.3 Å². The Morgan fingerprint density at radius 3 is 2.27 bits per heavy atom. The van der Waals surface area contributed by atoms with E-state index < -0.39 is 10.1 Å². The molecule has 3 N–H and O–H groups in total. The van der Waals surface area contributed by atoms with Crippen molar-refractivity contribution >= 4 is 39.3 Å². The molecule has 6 nitrogen and oxygen atoms in total. The van der Waals surface area contributed by atoms with Crippen LogP contribution in [0.2, 0.25) is 0 Å². The summed E-state index contributed by atoms with van der Waals surface area (Å²) in [6, 6.07) is 17.0. The van der Waals surface area contributed by atoms with E-state index in [-0.39, 0.29) is 10.6 Å². The summed E-state index contributed by atoms with van der Waals surface area (Å²) in [5.41, 5.74) is 10.7. The van der Waals surface area contributed by atoms with E-state index >= 15 is 0 Å². The molecule has 0 fully saturated rings. The molecule has 4 rings (SSSR count). The van der Waals surface area contributed by atoms with Gasteiger partial charge in [0.1, 0.15) is 10.6 Å². The first-order valence-corrected chi connectivity index (χ1v) is 11.0. The first kappa shape index (κ1) is 20.0. The Balaban J connectivity index is 1.71. The molecule has 30 heavy (non-hydrogen) atoms. The molecule has 3 aromatic carbocycles. The topological polar surface area (TPSA) is 105 Å². The number of azo groups is 1. The van der Waals surface area contributed by atoms with Crippen LogP contribution in [0.1, 0.15) is 18.4 Å². The number of hydrogen-bond donors (Lipinski definition) is 2. The van der Waals surface area contributed by atoms with Crippen molar-refractivity contribution in [2.45, 2.75) is 24.7 Å². The van der Waals surface area contributed by atoms with Crippen LogP contribution in [-0.2, 0) is 10.1 Å². The van der Waals surface area contributed by atoms with Crippen LogP contribution < -0.4 is 16.2 Å². The van der Waals surface area contributed by atoms with Crippen molar-refractivity contribution < 1.29 is 13.0 Å². The zero-order valence-electron chi connectivity index (χ0n) is 16.4. The standard InChI is InChI=1S/C23H21N3O3S/c1-15-5-4-6-17(13-15)16-9-11-18(12-10-16)25-26-21-14-22(30(27,28)29)19-7-2-3-8-20(19)23(21)24/h4-14H,2-3,24H2,1H3,(H,27,28,29). The highest BCUT2D eigenvalue weighted by Crippen LogP contribution is 2.27.